The van der Waals surface area contributed by atoms with E-state index in [2.05, 4.69) is 14.7 Å². The first-order valence-electron chi connectivity index (χ1n) is 11.0. The van der Waals surface area contributed by atoms with Gasteiger partial charge in [-0.2, -0.15) is 8.42 Å². The number of halogens is 1. The quantitative estimate of drug-likeness (QED) is 0.452. The van der Waals surface area contributed by atoms with Crippen LogP contribution in [-0.2, 0) is 14.8 Å². The monoisotopic (exact) mass is 515 g/mol. The Morgan fingerprint density at radius 1 is 1.06 bits per heavy atom. The number of pyridine rings is 2. The minimum absolute atomic E-state index is 0.117. The van der Waals surface area contributed by atoms with Gasteiger partial charge in [0.25, 0.3) is 10.0 Å². The number of carboxylic acids is 1. The number of nitrogens with one attached hydrogen (secondary N) is 1. The average molecular weight is 516 g/mol. The van der Waals surface area contributed by atoms with Gasteiger partial charge in [-0.1, -0.05) is 35.9 Å². The number of anilines is 2. The zero-order valence-corrected chi connectivity index (χ0v) is 20.9. The third kappa shape index (κ3) is 5.09. The van der Waals surface area contributed by atoms with Crippen molar-refractivity contribution in [2.75, 3.05) is 22.7 Å². The number of aliphatic carboxylic acids is 1. The third-order valence-electron chi connectivity index (χ3n) is 6.19. The standard InChI is InChI=1S/C24H26ClN5O4S/c1-15-5-3-6-16(2)21(15)22-17(25)9-10-18(27-22)29-35(33,34)20-8-4-7-19(28-20)30-13-11-24(26,12-14-30)23(31)32/h3-10H,11-14,26H2,1-2H3,(H,27,29)(H,31,32). The summed E-state index contributed by atoms with van der Waals surface area (Å²) in [5.41, 5.74) is 7.94. The number of carbonyl (C=O) groups is 1. The average Bonchev–Trinajstić information content (AvgIpc) is 2.81. The lowest BCUT2D eigenvalue weighted by Gasteiger charge is -2.36. The van der Waals surface area contributed by atoms with E-state index in [1.165, 1.54) is 12.1 Å². The lowest BCUT2D eigenvalue weighted by atomic mass is 9.89. The summed E-state index contributed by atoms with van der Waals surface area (Å²) in [6.07, 6.45) is 0.462. The van der Waals surface area contributed by atoms with Gasteiger partial charge in [-0.15, -0.1) is 0 Å². The number of carboxylic acid groups (broad SMARTS) is 1. The molecule has 0 bridgehead atoms. The molecular formula is C24H26ClN5O4S. The lowest BCUT2D eigenvalue weighted by Crippen LogP contribution is -2.55. The normalized spacial score (nSPS) is 15.6. The van der Waals surface area contributed by atoms with Crippen molar-refractivity contribution in [3.63, 3.8) is 0 Å². The fourth-order valence-electron chi connectivity index (χ4n) is 4.13. The maximum absolute atomic E-state index is 13.1. The topological polar surface area (TPSA) is 139 Å². The first kappa shape index (κ1) is 24.9. The number of aryl methyl sites for hydroxylation is 2. The van der Waals surface area contributed by atoms with E-state index in [0.717, 1.165) is 16.7 Å². The van der Waals surface area contributed by atoms with Gasteiger partial charge in [-0.3, -0.25) is 9.52 Å². The van der Waals surface area contributed by atoms with Crippen molar-refractivity contribution in [1.82, 2.24) is 9.97 Å². The van der Waals surface area contributed by atoms with E-state index in [-0.39, 0.29) is 23.7 Å². The molecule has 1 aromatic carbocycles. The SMILES string of the molecule is Cc1cccc(C)c1-c1nc(NS(=O)(=O)c2cccc(N3CCC(N)(C(=O)O)CC3)n2)ccc1Cl. The van der Waals surface area contributed by atoms with Crippen molar-refractivity contribution in [2.45, 2.75) is 37.3 Å². The van der Waals surface area contributed by atoms with E-state index in [1.54, 1.807) is 18.2 Å². The number of sulfonamides is 1. The van der Waals surface area contributed by atoms with Crippen LogP contribution < -0.4 is 15.4 Å². The highest BCUT2D eigenvalue weighted by Crippen LogP contribution is 2.33. The minimum atomic E-state index is -4.05. The lowest BCUT2D eigenvalue weighted by molar-refractivity contribution is -0.144. The van der Waals surface area contributed by atoms with Gasteiger partial charge in [0.2, 0.25) is 0 Å². The zero-order valence-electron chi connectivity index (χ0n) is 19.3. The molecule has 2 aromatic heterocycles. The molecule has 0 radical (unpaired) electrons. The molecule has 0 atom stereocenters. The van der Waals surface area contributed by atoms with Crippen LogP contribution in [0.5, 0.6) is 0 Å². The summed E-state index contributed by atoms with van der Waals surface area (Å²) < 4.78 is 28.8. The molecule has 184 valence electrons. The largest absolute Gasteiger partial charge is 0.480 e. The van der Waals surface area contributed by atoms with Crippen molar-refractivity contribution in [1.29, 1.82) is 0 Å². The van der Waals surface area contributed by atoms with Crippen LogP contribution in [0.4, 0.5) is 11.6 Å². The molecule has 9 nitrogen and oxygen atoms in total. The number of benzene rings is 1. The van der Waals surface area contributed by atoms with E-state index in [4.69, 9.17) is 17.3 Å². The highest BCUT2D eigenvalue weighted by Gasteiger charge is 2.38. The number of aromatic nitrogens is 2. The number of hydrogen-bond donors (Lipinski definition) is 3. The number of hydrogen-bond acceptors (Lipinski definition) is 7. The molecule has 1 aliphatic heterocycles. The molecule has 4 rings (SSSR count). The summed E-state index contributed by atoms with van der Waals surface area (Å²) in [6, 6.07) is 13.6. The first-order chi connectivity index (χ1) is 16.5. The first-order valence-corrected chi connectivity index (χ1v) is 12.9. The maximum Gasteiger partial charge on any atom is 0.323 e. The smallest absolute Gasteiger partial charge is 0.323 e. The van der Waals surface area contributed by atoms with Crippen LogP contribution in [0.3, 0.4) is 0 Å². The molecule has 3 aromatic rings. The highest BCUT2D eigenvalue weighted by atomic mass is 35.5. The van der Waals surface area contributed by atoms with E-state index in [9.17, 15) is 18.3 Å². The highest BCUT2D eigenvalue weighted by molar-refractivity contribution is 7.92. The molecule has 4 N–H and O–H groups in total. The second kappa shape index (κ2) is 9.44. The molecule has 0 amide bonds. The van der Waals surface area contributed by atoms with Gasteiger partial charge < -0.3 is 15.7 Å². The summed E-state index contributed by atoms with van der Waals surface area (Å²) in [4.78, 5) is 22.0. The molecule has 1 fully saturated rings. The molecule has 0 saturated carbocycles. The number of piperidine rings is 1. The summed E-state index contributed by atoms with van der Waals surface area (Å²) in [7, 11) is -4.05. The molecule has 0 aliphatic carbocycles. The maximum atomic E-state index is 13.1. The van der Waals surface area contributed by atoms with Crippen molar-refractivity contribution in [2.24, 2.45) is 5.73 Å². The predicted octanol–water partition coefficient (Wildman–Crippen LogP) is 3.60. The van der Waals surface area contributed by atoms with Crippen molar-refractivity contribution in [3.05, 3.63) is 64.7 Å². The van der Waals surface area contributed by atoms with Crippen LogP contribution in [0.1, 0.15) is 24.0 Å². The molecular weight excluding hydrogens is 490 g/mol. The van der Waals surface area contributed by atoms with Gasteiger partial charge in [0.15, 0.2) is 5.03 Å². The van der Waals surface area contributed by atoms with Gasteiger partial charge >= 0.3 is 5.97 Å². The van der Waals surface area contributed by atoms with E-state index < -0.39 is 21.5 Å². The Labute approximate surface area is 209 Å². The van der Waals surface area contributed by atoms with E-state index in [0.29, 0.717) is 29.6 Å². The van der Waals surface area contributed by atoms with Crippen LogP contribution in [0, 0.1) is 13.8 Å². The Hall–Kier alpha value is -3.21. The Balaban J connectivity index is 1.59. The molecule has 1 aliphatic rings. The second-order valence-electron chi connectivity index (χ2n) is 8.68. The van der Waals surface area contributed by atoms with Crippen LogP contribution >= 0.6 is 11.6 Å². The van der Waals surface area contributed by atoms with Crippen molar-refractivity contribution in [3.8, 4) is 11.3 Å². The van der Waals surface area contributed by atoms with Gasteiger partial charge in [0.1, 0.15) is 17.2 Å². The Morgan fingerprint density at radius 3 is 2.31 bits per heavy atom. The summed E-state index contributed by atoms with van der Waals surface area (Å²) in [5, 5.41) is 9.56. The van der Waals surface area contributed by atoms with Crippen LogP contribution in [-0.4, -0.2) is 48.1 Å². The zero-order chi connectivity index (χ0) is 25.4. The molecule has 1 saturated heterocycles. The Bertz CT molecular complexity index is 1370. The molecule has 3 heterocycles. The summed E-state index contributed by atoms with van der Waals surface area (Å²) in [6.45, 7) is 4.59. The molecule has 0 spiro atoms. The van der Waals surface area contributed by atoms with Crippen LogP contribution in [0.15, 0.2) is 53.6 Å². The molecule has 35 heavy (non-hydrogen) atoms. The number of nitrogens with two attached hydrogens (primary N) is 1. The Kier molecular flexibility index (Phi) is 6.72. The van der Waals surface area contributed by atoms with Gasteiger partial charge in [-0.05, 0) is 62.1 Å². The predicted molar refractivity (Wildman–Crippen MR) is 135 cm³/mol. The second-order valence-corrected chi connectivity index (χ2v) is 10.7. The fraction of sp³-hybridized carbons (Fsp3) is 0.292. The van der Waals surface area contributed by atoms with Gasteiger partial charge in [-0.25, -0.2) is 9.97 Å². The fourth-order valence-corrected chi connectivity index (χ4v) is 5.30. The third-order valence-corrected chi connectivity index (χ3v) is 7.75. The van der Waals surface area contributed by atoms with Gasteiger partial charge in [0.05, 0.1) is 10.7 Å². The molecule has 0 unspecified atom stereocenters. The van der Waals surface area contributed by atoms with Crippen LogP contribution in [0.25, 0.3) is 11.3 Å². The summed E-state index contributed by atoms with van der Waals surface area (Å²) >= 11 is 6.41. The number of nitrogens with zero attached hydrogens (tertiary/aromatic N) is 3. The Morgan fingerprint density at radius 2 is 1.69 bits per heavy atom. The van der Waals surface area contributed by atoms with E-state index >= 15 is 0 Å². The summed E-state index contributed by atoms with van der Waals surface area (Å²) in [5.74, 6) is -0.492. The van der Waals surface area contributed by atoms with Crippen LogP contribution in [0.2, 0.25) is 5.02 Å². The number of rotatable bonds is 6. The van der Waals surface area contributed by atoms with Crippen molar-refractivity contribution < 1.29 is 18.3 Å². The van der Waals surface area contributed by atoms with E-state index in [1.807, 2.05) is 36.9 Å². The van der Waals surface area contributed by atoms with Gasteiger partial charge in [0, 0.05) is 18.7 Å². The van der Waals surface area contributed by atoms with Crippen molar-refractivity contribution >= 4 is 39.2 Å². The minimum Gasteiger partial charge on any atom is -0.480 e. The molecule has 11 heteroatoms.